The highest BCUT2D eigenvalue weighted by atomic mass is 16.6. The highest BCUT2D eigenvalue weighted by Crippen LogP contribution is 2.20. The van der Waals surface area contributed by atoms with Crippen molar-refractivity contribution in [1.82, 2.24) is 0 Å². The molecule has 0 saturated heterocycles. The standard InChI is InChI=1S/C23H42O7/c1-4-7-10-11-14-16-29-21(25)19-23(27,22(26)30-17-13-9-6-3)18-20(24)28-15-12-8-5-2/h27H,4-19H2,1-3H3. The lowest BCUT2D eigenvalue weighted by molar-refractivity contribution is -0.178. The third-order valence-electron chi connectivity index (χ3n) is 4.76. The Labute approximate surface area is 181 Å². The first-order valence-electron chi connectivity index (χ1n) is 11.6. The van der Waals surface area contributed by atoms with Crippen LogP contribution in [-0.2, 0) is 28.6 Å². The van der Waals surface area contributed by atoms with Crippen molar-refractivity contribution < 1.29 is 33.7 Å². The number of aliphatic hydroxyl groups is 1. The normalized spacial score (nSPS) is 12.8. The fourth-order valence-corrected chi connectivity index (χ4v) is 2.87. The summed E-state index contributed by atoms with van der Waals surface area (Å²) in [6.45, 7) is 6.75. The summed E-state index contributed by atoms with van der Waals surface area (Å²) in [5, 5.41) is 10.8. The molecule has 1 atom stereocenters. The van der Waals surface area contributed by atoms with Crippen molar-refractivity contribution in [3.8, 4) is 0 Å². The van der Waals surface area contributed by atoms with Crippen LogP contribution in [0.5, 0.6) is 0 Å². The van der Waals surface area contributed by atoms with E-state index in [1.165, 1.54) is 0 Å². The number of esters is 3. The van der Waals surface area contributed by atoms with Gasteiger partial charge in [0.05, 0.1) is 32.7 Å². The summed E-state index contributed by atoms with van der Waals surface area (Å²) < 4.78 is 15.4. The number of rotatable bonds is 19. The topological polar surface area (TPSA) is 99.1 Å². The van der Waals surface area contributed by atoms with E-state index in [2.05, 4.69) is 6.92 Å². The third kappa shape index (κ3) is 14.4. The predicted octanol–water partition coefficient (Wildman–Crippen LogP) is 4.48. The Bertz CT molecular complexity index is 478. The van der Waals surface area contributed by atoms with Crippen molar-refractivity contribution in [2.45, 2.75) is 110 Å². The van der Waals surface area contributed by atoms with Crippen molar-refractivity contribution in [3.05, 3.63) is 0 Å². The zero-order valence-corrected chi connectivity index (χ0v) is 19.2. The van der Waals surface area contributed by atoms with Crippen molar-refractivity contribution in [2.75, 3.05) is 19.8 Å². The number of carbonyl (C=O) groups is 3. The highest BCUT2D eigenvalue weighted by Gasteiger charge is 2.43. The van der Waals surface area contributed by atoms with Gasteiger partial charge in [-0.25, -0.2) is 4.79 Å². The first-order valence-corrected chi connectivity index (χ1v) is 11.6. The van der Waals surface area contributed by atoms with Gasteiger partial charge < -0.3 is 19.3 Å². The fraction of sp³-hybridized carbons (Fsp3) is 0.870. The van der Waals surface area contributed by atoms with Gasteiger partial charge in [0.2, 0.25) is 0 Å². The molecule has 0 aromatic rings. The largest absolute Gasteiger partial charge is 0.466 e. The van der Waals surface area contributed by atoms with Crippen LogP contribution in [0.2, 0.25) is 0 Å². The third-order valence-corrected chi connectivity index (χ3v) is 4.76. The fourth-order valence-electron chi connectivity index (χ4n) is 2.87. The number of hydrogen-bond donors (Lipinski definition) is 1. The Hall–Kier alpha value is -1.63. The van der Waals surface area contributed by atoms with Crippen molar-refractivity contribution >= 4 is 17.9 Å². The van der Waals surface area contributed by atoms with Crippen LogP contribution in [0, 0.1) is 0 Å². The van der Waals surface area contributed by atoms with E-state index in [1.54, 1.807) is 0 Å². The van der Waals surface area contributed by atoms with E-state index in [0.717, 1.165) is 57.8 Å². The smallest absolute Gasteiger partial charge is 0.339 e. The Morgan fingerprint density at radius 2 is 0.967 bits per heavy atom. The molecule has 0 spiro atoms. The lowest BCUT2D eigenvalue weighted by Gasteiger charge is -2.24. The van der Waals surface area contributed by atoms with Gasteiger partial charge in [0, 0.05) is 0 Å². The molecule has 0 aliphatic carbocycles. The summed E-state index contributed by atoms with van der Waals surface area (Å²) in [7, 11) is 0. The summed E-state index contributed by atoms with van der Waals surface area (Å²) in [6, 6.07) is 0. The van der Waals surface area contributed by atoms with Crippen molar-refractivity contribution in [3.63, 3.8) is 0 Å². The first-order chi connectivity index (χ1) is 14.4. The minimum Gasteiger partial charge on any atom is -0.466 e. The maximum absolute atomic E-state index is 12.4. The maximum atomic E-state index is 12.4. The Kier molecular flexibility index (Phi) is 17.2. The van der Waals surface area contributed by atoms with Gasteiger partial charge in [-0.15, -0.1) is 0 Å². The molecular weight excluding hydrogens is 388 g/mol. The van der Waals surface area contributed by atoms with Gasteiger partial charge in [-0.3, -0.25) is 9.59 Å². The van der Waals surface area contributed by atoms with E-state index in [0.29, 0.717) is 12.8 Å². The van der Waals surface area contributed by atoms with E-state index in [4.69, 9.17) is 14.2 Å². The molecule has 1 unspecified atom stereocenters. The van der Waals surface area contributed by atoms with Crippen LogP contribution in [0.25, 0.3) is 0 Å². The molecule has 7 nitrogen and oxygen atoms in total. The van der Waals surface area contributed by atoms with Crippen LogP contribution in [0.3, 0.4) is 0 Å². The first kappa shape index (κ1) is 28.4. The lowest BCUT2D eigenvalue weighted by atomic mass is 9.95. The molecule has 0 aliphatic rings. The molecule has 30 heavy (non-hydrogen) atoms. The molecule has 7 heteroatoms. The van der Waals surface area contributed by atoms with Crippen LogP contribution in [0.15, 0.2) is 0 Å². The minimum absolute atomic E-state index is 0.132. The molecule has 0 rings (SSSR count). The van der Waals surface area contributed by atoms with Gasteiger partial charge in [-0.1, -0.05) is 72.1 Å². The number of unbranched alkanes of at least 4 members (excludes halogenated alkanes) is 8. The molecule has 0 saturated carbocycles. The van der Waals surface area contributed by atoms with Gasteiger partial charge in [0.1, 0.15) is 0 Å². The molecule has 0 aromatic heterocycles. The van der Waals surface area contributed by atoms with Crippen LogP contribution < -0.4 is 0 Å². The van der Waals surface area contributed by atoms with E-state index < -0.39 is 36.4 Å². The van der Waals surface area contributed by atoms with Gasteiger partial charge in [-0.2, -0.15) is 0 Å². The van der Waals surface area contributed by atoms with Gasteiger partial charge in [0.15, 0.2) is 5.60 Å². The Morgan fingerprint density at radius 3 is 1.43 bits per heavy atom. The molecule has 0 radical (unpaired) electrons. The number of carbonyl (C=O) groups excluding carboxylic acids is 3. The van der Waals surface area contributed by atoms with Gasteiger partial charge in [-0.05, 0) is 19.3 Å². The molecule has 0 aromatic carbocycles. The molecule has 1 N–H and O–H groups in total. The zero-order valence-electron chi connectivity index (χ0n) is 19.2. The molecule has 0 bridgehead atoms. The Balaban J connectivity index is 4.69. The second-order valence-corrected chi connectivity index (χ2v) is 7.79. The number of hydrogen-bond acceptors (Lipinski definition) is 7. The molecule has 176 valence electrons. The van der Waals surface area contributed by atoms with Crippen LogP contribution in [-0.4, -0.2) is 48.4 Å². The molecule has 0 amide bonds. The average molecular weight is 431 g/mol. The predicted molar refractivity (Wildman–Crippen MR) is 115 cm³/mol. The second-order valence-electron chi connectivity index (χ2n) is 7.79. The van der Waals surface area contributed by atoms with E-state index in [-0.39, 0.29) is 19.8 Å². The zero-order chi connectivity index (χ0) is 22.7. The van der Waals surface area contributed by atoms with E-state index in [9.17, 15) is 19.5 Å². The summed E-state index contributed by atoms with van der Waals surface area (Å²) in [5.41, 5.74) is -2.27. The van der Waals surface area contributed by atoms with E-state index in [1.807, 2.05) is 13.8 Å². The van der Waals surface area contributed by atoms with Crippen LogP contribution >= 0.6 is 0 Å². The van der Waals surface area contributed by atoms with Gasteiger partial charge >= 0.3 is 17.9 Å². The molecule has 0 heterocycles. The highest BCUT2D eigenvalue weighted by molar-refractivity contribution is 5.90. The molecular formula is C23H42O7. The number of ether oxygens (including phenoxy) is 3. The van der Waals surface area contributed by atoms with E-state index >= 15 is 0 Å². The molecule has 0 fully saturated rings. The van der Waals surface area contributed by atoms with Crippen LogP contribution in [0.4, 0.5) is 0 Å². The summed E-state index contributed by atoms with van der Waals surface area (Å²) in [6.07, 6.45) is 8.87. The molecule has 0 aliphatic heterocycles. The lowest BCUT2D eigenvalue weighted by Crippen LogP contribution is -2.45. The van der Waals surface area contributed by atoms with Crippen molar-refractivity contribution in [2.24, 2.45) is 0 Å². The van der Waals surface area contributed by atoms with Crippen LogP contribution in [0.1, 0.15) is 104 Å². The van der Waals surface area contributed by atoms with Crippen molar-refractivity contribution in [1.29, 1.82) is 0 Å². The SMILES string of the molecule is CCCCCCCOC(=O)CC(O)(CC(=O)OCCCCC)C(=O)OCCCCC. The monoisotopic (exact) mass is 430 g/mol. The quantitative estimate of drug-likeness (QED) is 0.183. The maximum Gasteiger partial charge on any atom is 0.339 e. The summed E-state index contributed by atoms with van der Waals surface area (Å²) >= 11 is 0. The summed E-state index contributed by atoms with van der Waals surface area (Å²) in [4.78, 5) is 36.7. The second kappa shape index (κ2) is 18.2. The van der Waals surface area contributed by atoms with Gasteiger partial charge in [0.25, 0.3) is 0 Å². The minimum atomic E-state index is -2.27. The average Bonchev–Trinajstić information content (AvgIpc) is 2.70. The summed E-state index contributed by atoms with van der Waals surface area (Å²) in [5.74, 6) is -2.44. The Morgan fingerprint density at radius 1 is 0.600 bits per heavy atom.